The first-order valence-electron chi connectivity index (χ1n) is 8.26. The fourth-order valence-corrected chi connectivity index (χ4v) is 2.44. The molecule has 1 heterocycles. The van der Waals surface area contributed by atoms with Gasteiger partial charge in [0.15, 0.2) is 0 Å². The first-order valence-corrected chi connectivity index (χ1v) is 8.26. The molecule has 0 saturated heterocycles. The molecule has 1 unspecified atom stereocenters. The van der Waals surface area contributed by atoms with E-state index in [0.717, 1.165) is 11.3 Å². The monoisotopic (exact) mass is 357 g/mol. The largest absolute Gasteiger partial charge is 0.496 e. The van der Waals surface area contributed by atoms with E-state index in [2.05, 4.69) is 10.3 Å². The van der Waals surface area contributed by atoms with Gasteiger partial charge in [0, 0.05) is 25.4 Å². The zero-order valence-corrected chi connectivity index (χ0v) is 15.4. The first-order chi connectivity index (χ1) is 12.5. The minimum atomic E-state index is -0.592. The fourth-order valence-electron chi connectivity index (χ4n) is 2.44. The maximum Gasteiger partial charge on any atom is 0.250 e. The Morgan fingerprint density at radius 3 is 2.69 bits per heavy atom. The molecule has 26 heavy (non-hydrogen) atoms. The Balaban J connectivity index is 2.19. The van der Waals surface area contributed by atoms with Crippen molar-refractivity contribution in [3.63, 3.8) is 0 Å². The highest BCUT2D eigenvalue weighted by molar-refractivity contribution is 5.96. The third kappa shape index (κ3) is 4.50. The van der Waals surface area contributed by atoms with Crippen LogP contribution in [0.25, 0.3) is 0 Å². The molecule has 0 fully saturated rings. The van der Waals surface area contributed by atoms with Gasteiger partial charge in [0.1, 0.15) is 29.1 Å². The van der Waals surface area contributed by atoms with E-state index in [4.69, 9.17) is 9.47 Å². The molecule has 0 saturated carbocycles. The van der Waals surface area contributed by atoms with Crippen LogP contribution in [0.4, 0.5) is 5.82 Å². The van der Waals surface area contributed by atoms with Gasteiger partial charge in [0.25, 0.3) is 0 Å². The Kier molecular flexibility index (Phi) is 6.54. The molecule has 1 aromatic heterocycles. The third-order valence-electron chi connectivity index (χ3n) is 3.98. The quantitative estimate of drug-likeness (QED) is 0.735. The molecule has 138 valence electrons. The lowest BCUT2D eigenvalue weighted by molar-refractivity contribution is -0.123. The number of likely N-dealkylation sites (N-methyl/N-ethyl adjacent to an activating group) is 1. The van der Waals surface area contributed by atoms with Crippen LogP contribution in [0.1, 0.15) is 18.9 Å². The molecule has 1 atom stereocenters. The van der Waals surface area contributed by atoms with Crippen molar-refractivity contribution in [2.24, 2.45) is 0 Å². The summed E-state index contributed by atoms with van der Waals surface area (Å²) >= 11 is 0. The number of aryl methyl sites for hydroxylation is 1. The van der Waals surface area contributed by atoms with Crippen LogP contribution in [0.3, 0.4) is 0 Å². The molecule has 0 aliphatic rings. The molecular weight excluding hydrogens is 334 g/mol. The molecule has 0 aliphatic heterocycles. The van der Waals surface area contributed by atoms with Gasteiger partial charge in [-0.05, 0) is 31.0 Å². The lowest BCUT2D eigenvalue weighted by Crippen LogP contribution is -2.44. The molecule has 0 aliphatic carbocycles. The number of ether oxygens (including phenoxy) is 2. The number of aromatic nitrogens is 1. The van der Waals surface area contributed by atoms with Crippen molar-refractivity contribution in [1.29, 1.82) is 0 Å². The van der Waals surface area contributed by atoms with E-state index < -0.39 is 6.04 Å². The van der Waals surface area contributed by atoms with Gasteiger partial charge in [-0.3, -0.25) is 14.5 Å². The second-order valence-corrected chi connectivity index (χ2v) is 5.73. The summed E-state index contributed by atoms with van der Waals surface area (Å²) in [7, 11) is 3.22. The molecular formula is C19H23N3O4. The van der Waals surface area contributed by atoms with Crippen molar-refractivity contribution in [3.05, 3.63) is 42.1 Å². The number of hydrogen-bond acceptors (Lipinski definition) is 5. The van der Waals surface area contributed by atoms with Gasteiger partial charge < -0.3 is 14.8 Å². The Morgan fingerprint density at radius 1 is 1.31 bits per heavy atom. The predicted molar refractivity (Wildman–Crippen MR) is 98.7 cm³/mol. The van der Waals surface area contributed by atoms with Crippen molar-refractivity contribution >= 4 is 18.1 Å². The van der Waals surface area contributed by atoms with Gasteiger partial charge in [0.2, 0.25) is 12.3 Å². The van der Waals surface area contributed by atoms with Gasteiger partial charge in [-0.1, -0.05) is 13.0 Å². The predicted octanol–water partition coefficient (Wildman–Crippen LogP) is 2.68. The van der Waals surface area contributed by atoms with Crippen LogP contribution in [0, 0.1) is 6.92 Å². The number of anilines is 1. The van der Waals surface area contributed by atoms with E-state index in [1.165, 1.54) is 4.90 Å². The highest BCUT2D eigenvalue weighted by Crippen LogP contribution is 2.29. The SMILES string of the molecule is CCC(NC=O)C(=O)N(C)c1cc(Oc2ccc(C)c(OC)c2)ccn1. The van der Waals surface area contributed by atoms with Gasteiger partial charge in [-0.2, -0.15) is 0 Å². The van der Waals surface area contributed by atoms with Crippen LogP contribution in [-0.2, 0) is 9.59 Å². The zero-order chi connectivity index (χ0) is 19.1. The van der Waals surface area contributed by atoms with Gasteiger partial charge >= 0.3 is 0 Å². The lowest BCUT2D eigenvalue weighted by Gasteiger charge is -2.22. The Hall–Kier alpha value is -3.09. The molecule has 2 aromatic rings. The van der Waals surface area contributed by atoms with Crippen molar-refractivity contribution in [2.45, 2.75) is 26.3 Å². The second-order valence-electron chi connectivity index (χ2n) is 5.73. The van der Waals surface area contributed by atoms with Gasteiger partial charge in [-0.25, -0.2) is 4.98 Å². The maximum atomic E-state index is 12.5. The number of hydrogen-bond donors (Lipinski definition) is 1. The summed E-state index contributed by atoms with van der Waals surface area (Å²) in [6, 6.07) is 8.32. The summed E-state index contributed by atoms with van der Waals surface area (Å²) in [5.74, 6) is 2.07. The second kappa shape index (κ2) is 8.84. The van der Waals surface area contributed by atoms with Crippen LogP contribution in [0.5, 0.6) is 17.2 Å². The number of methoxy groups -OCH3 is 1. The van der Waals surface area contributed by atoms with Crippen molar-refractivity contribution in [2.75, 3.05) is 19.1 Å². The topological polar surface area (TPSA) is 80.8 Å². The summed E-state index contributed by atoms with van der Waals surface area (Å²) < 4.78 is 11.1. The number of rotatable bonds is 8. The Morgan fingerprint density at radius 2 is 2.04 bits per heavy atom. The maximum absolute atomic E-state index is 12.5. The number of nitrogens with one attached hydrogen (secondary N) is 1. The van der Waals surface area contributed by atoms with Crippen molar-refractivity contribution in [3.8, 4) is 17.2 Å². The zero-order valence-electron chi connectivity index (χ0n) is 15.4. The van der Waals surface area contributed by atoms with E-state index in [1.807, 2.05) is 26.0 Å². The smallest absolute Gasteiger partial charge is 0.250 e. The normalized spacial score (nSPS) is 11.4. The Labute approximate surface area is 152 Å². The average molecular weight is 357 g/mol. The molecule has 2 amide bonds. The number of nitrogens with zero attached hydrogens (tertiary/aromatic N) is 2. The summed E-state index contributed by atoms with van der Waals surface area (Å²) in [6.45, 7) is 3.77. The van der Waals surface area contributed by atoms with Crippen LogP contribution in [0.15, 0.2) is 36.5 Å². The molecule has 1 N–H and O–H groups in total. The van der Waals surface area contributed by atoms with Crippen molar-refractivity contribution in [1.82, 2.24) is 10.3 Å². The van der Waals surface area contributed by atoms with Crippen molar-refractivity contribution < 1.29 is 19.1 Å². The third-order valence-corrected chi connectivity index (χ3v) is 3.98. The number of carbonyl (C=O) groups excluding carboxylic acids is 2. The van der Waals surface area contributed by atoms with Gasteiger partial charge in [0.05, 0.1) is 7.11 Å². The van der Waals surface area contributed by atoms with Crippen LogP contribution < -0.4 is 19.7 Å². The standard InChI is InChI=1S/C19H23N3O4/c1-5-16(21-12-23)19(24)22(3)18-11-15(8-9-20-18)26-14-7-6-13(2)17(10-14)25-4/h6-12,16H,5H2,1-4H3,(H,21,23). The van der Waals surface area contributed by atoms with Crippen LogP contribution in [0.2, 0.25) is 0 Å². The number of pyridine rings is 1. The molecule has 0 bridgehead atoms. The number of carbonyl (C=O) groups is 2. The van der Waals surface area contributed by atoms with Crippen LogP contribution in [-0.4, -0.2) is 37.5 Å². The van der Waals surface area contributed by atoms with Gasteiger partial charge in [-0.15, -0.1) is 0 Å². The Bertz CT molecular complexity index is 779. The van der Waals surface area contributed by atoms with E-state index in [0.29, 0.717) is 30.1 Å². The van der Waals surface area contributed by atoms with E-state index in [-0.39, 0.29) is 5.91 Å². The molecule has 0 radical (unpaired) electrons. The highest BCUT2D eigenvalue weighted by atomic mass is 16.5. The molecule has 1 aromatic carbocycles. The summed E-state index contributed by atoms with van der Waals surface area (Å²) in [5, 5.41) is 2.51. The average Bonchev–Trinajstić information content (AvgIpc) is 2.66. The van der Waals surface area contributed by atoms with E-state index in [1.54, 1.807) is 38.6 Å². The van der Waals surface area contributed by atoms with Crippen LogP contribution >= 0.6 is 0 Å². The highest BCUT2D eigenvalue weighted by Gasteiger charge is 2.21. The number of amides is 2. The molecule has 0 spiro atoms. The minimum Gasteiger partial charge on any atom is -0.496 e. The summed E-state index contributed by atoms with van der Waals surface area (Å²) in [5.41, 5.74) is 1.01. The summed E-state index contributed by atoms with van der Waals surface area (Å²) in [6.07, 6.45) is 2.58. The lowest BCUT2D eigenvalue weighted by atomic mass is 10.2. The molecule has 7 heteroatoms. The molecule has 7 nitrogen and oxygen atoms in total. The fraction of sp³-hybridized carbons (Fsp3) is 0.316. The summed E-state index contributed by atoms with van der Waals surface area (Å²) in [4.78, 5) is 28.7. The first kappa shape index (κ1) is 19.2. The van der Waals surface area contributed by atoms with E-state index >= 15 is 0 Å². The minimum absolute atomic E-state index is 0.249. The van der Waals surface area contributed by atoms with E-state index in [9.17, 15) is 9.59 Å². The molecule has 2 rings (SSSR count). The number of benzene rings is 1.